The van der Waals surface area contributed by atoms with Crippen molar-refractivity contribution in [2.45, 2.75) is 13.3 Å². The van der Waals surface area contributed by atoms with Crippen molar-refractivity contribution < 1.29 is 4.74 Å². The summed E-state index contributed by atoms with van der Waals surface area (Å²) in [4.78, 5) is 0. The Balaban J connectivity index is 2.62. The first-order valence-electron chi connectivity index (χ1n) is 3.72. The third kappa shape index (κ3) is 2.43. The molecule has 0 heterocycles. The van der Waals surface area contributed by atoms with Gasteiger partial charge >= 0.3 is 0 Å². The molecular weight excluding hydrogens is 160 g/mol. The quantitative estimate of drug-likeness (QED) is 0.677. The second kappa shape index (κ2) is 4.24. The molecule has 2 heteroatoms. The van der Waals surface area contributed by atoms with E-state index < -0.39 is 0 Å². The van der Waals surface area contributed by atoms with Crippen LogP contribution in [0.1, 0.15) is 13.3 Å². The van der Waals surface area contributed by atoms with Crippen LogP contribution in [0.25, 0.3) is 0 Å². The molecule has 0 aliphatic heterocycles. The zero-order valence-corrected chi connectivity index (χ0v) is 7.27. The number of benzene rings is 1. The van der Waals surface area contributed by atoms with E-state index in [1.54, 1.807) is 0 Å². The van der Waals surface area contributed by atoms with Crippen molar-refractivity contribution in [2.75, 3.05) is 6.61 Å². The van der Waals surface area contributed by atoms with Crippen LogP contribution in [0.4, 0.5) is 0 Å². The maximum Gasteiger partial charge on any atom is 0.137 e. The summed E-state index contributed by atoms with van der Waals surface area (Å²) >= 11 is 5.83. The normalized spacial score (nSPS) is 9.64. The van der Waals surface area contributed by atoms with Crippen LogP contribution in [-0.2, 0) is 0 Å². The van der Waals surface area contributed by atoms with E-state index in [9.17, 15) is 0 Å². The van der Waals surface area contributed by atoms with Gasteiger partial charge in [0, 0.05) is 0 Å². The van der Waals surface area contributed by atoms with Gasteiger partial charge in [0.05, 0.1) is 11.6 Å². The van der Waals surface area contributed by atoms with Crippen LogP contribution in [0.5, 0.6) is 5.75 Å². The first kappa shape index (κ1) is 8.41. The molecule has 0 saturated carbocycles. The van der Waals surface area contributed by atoms with Crippen molar-refractivity contribution in [3.8, 4) is 5.75 Å². The summed E-state index contributed by atoms with van der Waals surface area (Å²) in [5, 5.41) is 0.681. The number of ether oxygens (including phenoxy) is 1. The minimum absolute atomic E-state index is 0.681. The fraction of sp³-hybridized carbons (Fsp3) is 0.333. The molecule has 11 heavy (non-hydrogen) atoms. The highest BCUT2D eigenvalue weighted by molar-refractivity contribution is 6.32. The first-order chi connectivity index (χ1) is 5.34. The lowest BCUT2D eigenvalue weighted by Gasteiger charge is -2.04. The second-order valence-corrected chi connectivity index (χ2v) is 2.69. The smallest absolute Gasteiger partial charge is 0.137 e. The molecule has 1 nitrogen and oxygen atoms in total. The summed E-state index contributed by atoms with van der Waals surface area (Å²) in [6.45, 7) is 2.79. The van der Waals surface area contributed by atoms with Gasteiger partial charge in [0.1, 0.15) is 5.75 Å². The molecule has 0 atom stereocenters. The Labute approximate surface area is 71.9 Å². The fourth-order valence-electron chi connectivity index (χ4n) is 0.774. The van der Waals surface area contributed by atoms with Gasteiger partial charge in [0.2, 0.25) is 0 Å². The second-order valence-electron chi connectivity index (χ2n) is 2.28. The Morgan fingerprint density at radius 3 is 2.73 bits per heavy atom. The van der Waals surface area contributed by atoms with E-state index in [-0.39, 0.29) is 0 Å². The highest BCUT2D eigenvalue weighted by Crippen LogP contribution is 2.22. The average Bonchev–Trinajstić information content (AvgIpc) is 2.03. The van der Waals surface area contributed by atoms with Gasteiger partial charge in [-0.1, -0.05) is 30.7 Å². The van der Waals surface area contributed by atoms with E-state index in [1.807, 2.05) is 24.3 Å². The van der Waals surface area contributed by atoms with E-state index in [2.05, 4.69) is 6.92 Å². The van der Waals surface area contributed by atoms with Gasteiger partial charge in [0.15, 0.2) is 0 Å². The monoisotopic (exact) mass is 170 g/mol. The summed E-state index contributed by atoms with van der Waals surface area (Å²) in [7, 11) is 0. The van der Waals surface area contributed by atoms with Gasteiger partial charge in [-0.3, -0.25) is 0 Å². The molecule has 0 spiro atoms. The van der Waals surface area contributed by atoms with Gasteiger partial charge in [-0.25, -0.2) is 0 Å². The fourth-order valence-corrected chi connectivity index (χ4v) is 0.964. The Morgan fingerprint density at radius 2 is 2.09 bits per heavy atom. The Kier molecular flexibility index (Phi) is 3.24. The van der Waals surface area contributed by atoms with Crippen molar-refractivity contribution in [1.82, 2.24) is 0 Å². The molecule has 0 fully saturated rings. The molecule has 0 unspecified atom stereocenters. The summed E-state index contributed by atoms with van der Waals surface area (Å²) in [6.07, 6.45) is 1.01. The van der Waals surface area contributed by atoms with Crippen molar-refractivity contribution in [3.05, 3.63) is 29.3 Å². The van der Waals surface area contributed by atoms with E-state index in [4.69, 9.17) is 16.3 Å². The van der Waals surface area contributed by atoms with E-state index in [0.29, 0.717) is 5.02 Å². The van der Waals surface area contributed by atoms with Crippen LogP contribution in [0.2, 0.25) is 5.02 Å². The number of hydrogen-bond donors (Lipinski definition) is 0. The van der Waals surface area contributed by atoms with Crippen LogP contribution in [-0.4, -0.2) is 6.61 Å². The molecule has 0 amide bonds. The average molecular weight is 171 g/mol. The highest BCUT2D eigenvalue weighted by atomic mass is 35.5. The van der Waals surface area contributed by atoms with Gasteiger partial charge in [-0.15, -0.1) is 0 Å². The Bertz CT molecular complexity index is 223. The molecule has 0 aliphatic carbocycles. The maximum atomic E-state index is 5.83. The zero-order valence-electron chi connectivity index (χ0n) is 6.51. The molecule has 0 saturated heterocycles. The molecule has 60 valence electrons. The molecule has 1 rings (SSSR count). The summed E-state index contributed by atoms with van der Waals surface area (Å²) in [6, 6.07) is 7.50. The van der Waals surface area contributed by atoms with Crippen molar-refractivity contribution in [1.29, 1.82) is 0 Å². The number of para-hydroxylation sites is 1. The molecule has 0 aromatic heterocycles. The maximum absolute atomic E-state index is 5.83. The number of hydrogen-bond acceptors (Lipinski definition) is 1. The number of rotatable bonds is 3. The predicted octanol–water partition coefficient (Wildman–Crippen LogP) is 3.13. The SMILES string of the molecule is CCCOc1ccccc1Cl. The highest BCUT2D eigenvalue weighted by Gasteiger charge is 1.96. The largest absolute Gasteiger partial charge is 0.492 e. The van der Waals surface area contributed by atoms with Crippen LogP contribution >= 0.6 is 11.6 Å². The zero-order chi connectivity index (χ0) is 8.10. The van der Waals surface area contributed by atoms with Crippen molar-refractivity contribution in [2.24, 2.45) is 0 Å². The molecule has 1 aromatic carbocycles. The lowest BCUT2D eigenvalue weighted by molar-refractivity contribution is 0.317. The van der Waals surface area contributed by atoms with E-state index >= 15 is 0 Å². The Morgan fingerprint density at radius 1 is 1.36 bits per heavy atom. The van der Waals surface area contributed by atoms with E-state index in [1.165, 1.54) is 0 Å². The number of halogens is 1. The van der Waals surface area contributed by atoms with Crippen LogP contribution < -0.4 is 4.74 Å². The van der Waals surface area contributed by atoms with Gasteiger partial charge in [-0.2, -0.15) is 0 Å². The van der Waals surface area contributed by atoms with Gasteiger partial charge < -0.3 is 4.74 Å². The van der Waals surface area contributed by atoms with Gasteiger partial charge in [-0.05, 0) is 18.6 Å². The van der Waals surface area contributed by atoms with Crippen molar-refractivity contribution >= 4 is 11.6 Å². The third-order valence-electron chi connectivity index (χ3n) is 1.30. The summed E-state index contributed by atoms with van der Waals surface area (Å²) in [5.41, 5.74) is 0. The lowest BCUT2D eigenvalue weighted by Crippen LogP contribution is -1.94. The van der Waals surface area contributed by atoms with Crippen molar-refractivity contribution in [3.63, 3.8) is 0 Å². The minimum atomic E-state index is 0.681. The topological polar surface area (TPSA) is 9.23 Å². The van der Waals surface area contributed by atoms with Crippen LogP contribution in [0.15, 0.2) is 24.3 Å². The summed E-state index contributed by atoms with van der Waals surface area (Å²) in [5.74, 6) is 0.774. The summed E-state index contributed by atoms with van der Waals surface area (Å²) < 4.78 is 5.35. The predicted molar refractivity (Wildman–Crippen MR) is 47.2 cm³/mol. The van der Waals surface area contributed by atoms with Gasteiger partial charge in [0.25, 0.3) is 0 Å². The third-order valence-corrected chi connectivity index (χ3v) is 1.61. The standard InChI is InChI=1S/C9H11ClO/c1-2-7-11-9-6-4-3-5-8(9)10/h3-6H,2,7H2,1H3. The lowest BCUT2D eigenvalue weighted by atomic mass is 10.3. The molecule has 0 radical (unpaired) electrons. The van der Waals surface area contributed by atoms with Crippen LogP contribution in [0, 0.1) is 0 Å². The van der Waals surface area contributed by atoms with E-state index in [0.717, 1.165) is 18.8 Å². The molecule has 0 bridgehead atoms. The molecule has 1 aromatic rings. The molecule has 0 aliphatic rings. The van der Waals surface area contributed by atoms with Crippen LogP contribution in [0.3, 0.4) is 0 Å². The minimum Gasteiger partial charge on any atom is -0.492 e. The molecule has 0 N–H and O–H groups in total. The first-order valence-corrected chi connectivity index (χ1v) is 4.09. The Hall–Kier alpha value is -0.690. The molecular formula is C9H11ClO.